The molecule has 1 aliphatic carbocycles. The second kappa shape index (κ2) is 6.78. The Morgan fingerprint density at radius 1 is 1.31 bits per heavy atom. The minimum Gasteiger partial charge on any atom is -0.442 e. The molecule has 162 valence electrons. The Morgan fingerprint density at radius 2 is 2.09 bits per heavy atom. The predicted octanol–water partition coefficient (Wildman–Crippen LogP) is 1.75. The lowest BCUT2D eigenvalue weighted by Crippen LogP contribution is -2.40. The molecule has 8 heteroatoms. The van der Waals surface area contributed by atoms with Crippen molar-refractivity contribution in [1.82, 2.24) is 15.6 Å². The van der Waals surface area contributed by atoms with Gasteiger partial charge in [-0.25, -0.2) is 4.79 Å². The molecule has 32 heavy (non-hydrogen) atoms. The maximum absolute atomic E-state index is 12.4. The number of hydrogen-bond acceptors (Lipinski definition) is 6. The van der Waals surface area contributed by atoms with Gasteiger partial charge >= 0.3 is 6.09 Å². The number of nitriles is 1. The maximum Gasteiger partial charge on any atom is 0.415 e. The lowest BCUT2D eigenvalue weighted by molar-refractivity contribution is -0.119. The zero-order valence-electron chi connectivity index (χ0n) is 17.7. The smallest absolute Gasteiger partial charge is 0.415 e. The van der Waals surface area contributed by atoms with Crippen molar-refractivity contribution in [2.75, 3.05) is 24.5 Å². The predicted molar refractivity (Wildman–Crippen MR) is 116 cm³/mol. The van der Waals surface area contributed by atoms with Crippen LogP contribution in [0.5, 0.6) is 0 Å². The van der Waals surface area contributed by atoms with Gasteiger partial charge in [0.25, 0.3) is 0 Å². The lowest BCUT2D eigenvalue weighted by atomic mass is 9.95. The normalized spacial score (nSPS) is 31.4. The summed E-state index contributed by atoms with van der Waals surface area (Å²) in [5.74, 6) is 0.589. The van der Waals surface area contributed by atoms with Gasteiger partial charge in [-0.3, -0.25) is 14.7 Å². The number of fused-ring (bicyclic) bond motifs is 4. The van der Waals surface area contributed by atoms with Crippen LogP contribution in [-0.4, -0.2) is 48.8 Å². The number of hydrogen-bond donors (Lipinski definition) is 2. The summed E-state index contributed by atoms with van der Waals surface area (Å²) in [4.78, 5) is 30.1. The SMILES string of the molecule is CC(=O)NCC1OC(=O)N2c3ccc(-c4ccc(C5(C#N)C6CNCC65)nc4)cc3C[C@@H]12. The molecule has 4 heterocycles. The Hall–Kier alpha value is -3.44. The highest BCUT2D eigenvalue weighted by Crippen LogP contribution is 2.60. The first kappa shape index (κ1) is 19.3. The fourth-order valence-electron chi connectivity index (χ4n) is 5.83. The van der Waals surface area contributed by atoms with Crippen molar-refractivity contribution in [1.29, 1.82) is 5.26 Å². The second-order valence-corrected chi connectivity index (χ2v) is 9.13. The van der Waals surface area contributed by atoms with Gasteiger partial charge in [-0.2, -0.15) is 5.26 Å². The number of piperidine rings is 1. The summed E-state index contributed by atoms with van der Waals surface area (Å²) in [6, 6.07) is 12.5. The van der Waals surface area contributed by atoms with Crippen molar-refractivity contribution in [2.45, 2.75) is 30.9 Å². The van der Waals surface area contributed by atoms with E-state index in [4.69, 9.17) is 4.74 Å². The van der Waals surface area contributed by atoms with E-state index in [1.54, 1.807) is 4.90 Å². The number of amides is 2. The van der Waals surface area contributed by atoms with Crippen molar-refractivity contribution in [3.63, 3.8) is 0 Å². The first-order valence-electron chi connectivity index (χ1n) is 11.0. The largest absolute Gasteiger partial charge is 0.442 e. The molecule has 1 aromatic carbocycles. The highest BCUT2D eigenvalue weighted by atomic mass is 16.6. The minimum absolute atomic E-state index is 0.113. The molecule has 3 unspecified atom stereocenters. The molecule has 4 atom stereocenters. The van der Waals surface area contributed by atoms with Gasteiger partial charge < -0.3 is 15.4 Å². The van der Waals surface area contributed by atoms with Gasteiger partial charge in [0.1, 0.15) is 11.5 Å². The Kier molecular flexibility index (Phi) is 4.08. The summed E-state index contributed by atoms with van der Waals surface area (Å²) in [7, 11) is 0. The van der Waals surface area contributed by atoms with Crippen LogP contribution >= 0.6 is 0 Å². The summed E-state index contributed by atoms with van der Waals surface area (Å²) >= 11 is 0. The number of benzene rings is 1. The number of aromatic nitrogens is 1. The van der Waals surface area contributed by atoms with Crippen LogP contribution in [-0.2, 0) is 21.4 Å². The van der Waals surface area contributed by atoms with Crippen LogP contribution in [0.1, 0.15) is 18.2 Å². The molecule has 0 spiro atoms. The van der Waals surface area contributed by atoms with Crippen molar-refractivity contribution >= 4 is 17.7 Å². The minimum atomic E-state index is -0.435. The van der Waals surface area contributed by atoms with Gasteiger partial charge in [0.05, 0.1) is 30.0 Å². The van der Waals surface area contributed by atoms with Crippen LogP contribution in [0.4, 0.5) is 10.5 Å². The van der Waals surface area contributed by atoms with Crippen molar-refractivity contribution < 1.29 is 14.3 Å². The van der Waals surface area contributed by atoms with Crippen LogP contribution in [0, 0.1) is 23.2 Å². The molecule has 2 saturated heterocycles. The first-order valence-corrected chi connectivity index (χ1v) is 11.0. The average Bonchev–Trinajstić information content (AvgIpc) is 3.20. The molecule has 6 rings (SSSR count). The number of nitrogens with one attached hydrogen (secondary N) is 2. The summed E-state index contributed by atoms with van der Waals surface area (Å²) in [5.41, 5.74) is 4.39. The third kappa shape index (κ3) is 2.61. The van der Waals surface area contributed by atoms with E-state index < -0.39 is 5.41 Å². The van der Waals surface area contributed by atoms with E-state index in [1.807, 2.05) is 30.5 Å². The van der Waals surface area contributed by atoms with Crippen molar-refractivity contribution in [3.8, 4) is 17.2 Å². The maximum atomic E-state index is 12.4. The van der Waals surface area contributed by atoms with E-state index in [9.17, 15) is 14.9 Å². The Labute approximate surface area is 185 Å². The van der Waals surface area contributed by atoms with Crippen LogP contribution < -0.4 is 15.5 Å². The number of carbonyl (C=O) groups excluding carboxylic acids is 2. The summed E-state index contributed by atoms with van der Waals surface area (Å²) < 4.78 is 5.47. The van der Waals surface area contributed by atoms with Crippen molar-refractivity contribution in [3.05, 3.63) is 47.8 Å². The summed E-state index contributed by atoms with van der Waals surface area (Å²) in [6.45, 7) is 3.53. The van der Waals surface area contributed by atoms with E-state index in [2.05, 4.69) is 27.8 Å². The van der Waals surface area contributed by atoms with E-state index in [0.29, 0.717) is 24.8 Å². The topological polar surface area (TPSA) is 107 Å². The second-order valence-electron chi connectivity index (χ2n) is 9.13. The number of anilines is 1. The van der Waals surface area contributed by atoms with E-state index in [0.717, 1.165) is 41.2 Å². The van der Waals surface area contributed by atoms with Gasteiger partial charge in [-0.05, 0) is 35.7 Å². The van der Waals surface area contributed by atoms with Crippen molar-refractivity contribution in [2.24, 2.45) is 11.8 Å². The molecular weight excluding hydrogens is 406 g/mol. The first-order chi connectivity index (χ1) is 15.5. The number of ether oxygens (including phenoxy) is 1. The lowest BCUT2D eigenvalue weighted by Gasteiger charge is -2.16. The fraction of sp³-hybridized carbons (Fsp3) is 0.417. The molecule has 1 aromatic heterocycles. The third-order valence-electron chi connectivity index (χ3n) is 7.51. The quantitative estimate of drug-likeness (QED) is 0.767. The third-order valence-corrected chi connectivity index (χ3v) is 7.51. The molecule has 3 aliphatic heterocycles. The zero-order valence-corrected chi connectivity index (χ0v) is 17.7. The van der Waals surface area contributed by atoms with Gasteiger partial charge in [-0.15, -0.1) is 0 Å². The number of cyclic esters (lactones) is 1. The highest BCUT2D eigenvalue weighted by molar-refractivity contribution is 5.94. The van der Waals surface area contributed by atoms with Gasteiger partial charge in [0, 0.05) is 43.6 Å². The summed E-state index contributed by atoms with van der Waals surface area (Å²) in [5, 5.41) is 15.9. The van der Waals surface area contributed by atoms with E-state index >= 15 is 0 Å². The molecule has 2 aromatic rings. The van der Waals surface area contributed by atoms with E-state index in [-0.39, 0.29) is 24.1 Å². The monoisotopic (exact) mass is 429 g/mol. The number of nitrogens with zero attached hydrogens (tertiary/aromatic N) is 3. The Bertz CT molecular complexity index is 1160. The number of pyridine rings is 1. The van der Waals surface area contributed by atoms with Crippen LogP contribution in [0.3, 0.4) is 0 Å². The van der Waals surface area contributed by atoms with E-state index in [1.165, 1.54) is 6.92 Å². The molecule has 2 N–H and O–H groups in total. The molecule has 4 aliphatic rings. The van der Waals surface area contributed by atoms with Crippen LogP contribution in [0.25, 0.3) is 11.1 Å². The Balaban J connectivity index is 1.24. The average molecular weight is 429 g/mol. The molecule has 1 saturated carbocycles. The van der Waals surface area contributed by atoms with Gasteiger partial charge in [0.2, 0.25) is 5.91 Å². The molecule has 3 fully saturated rings. The molecular formula is C24H23N5O3. The number of rotatable bonds is 4. The Morgan fingerprint density at radius 3 is 2.78 bits per heavy atom. The molecule has 0 radical (unpaired) electrons. The van der Waals surface area contributed by atoms with Gasteiger partial charge in [0.15, 0.2) is 0 Å². The highest BCUT2D eigenvalue weighted by Gasteiger charge is 2.69. The molecule has 0 bridgehead atoms. The summed E-state index contributed by atoms with van der Waals surface area (Å²) in [6.07, 6.45) is 1.80. The van der Waals surface area contributed by atoms with Gasteiger partial charge in [-0.1, -0.05) is 12.1 Å². The molecule has 2 amide bonds. The standard InChI is InChI=1S/C24H23N5O3/c1-13(30)27-11-21-20-7-16-6-14(2-4-19(16)29(20)23(31)32-21)15-3-5-22(28-8-15)24(12-25)17-9-26-10-18(17)24/h2-6,8,17-18,20-21,26H,7,9-11H2,1H3,(H,27,30)/t17?,18?,20-,21?,24?/m0/s1. The van der Waals surface area contributed by atoms with Crippen LogP contribution in [0.15, 0.2) is 36.5 Å². The van der Waals surface area contributed by atoms with Crippen LogP contribution in [0.2, 0.25) is 0 Å². The molecule has 8 nitrogen and oxygen atoms in total. The fourth-order valence-corrected chi connectivity index (χ4v) is 5.83. The number of carbonyl (C=O) groups is 2. The zero-order chi connectivity index (χ0) is 22.0.